The van der Waals surface area contributed by atoms with E-state index in [0.717, 1.165) is 16.8 Å². The summed E-state index contributed by atoms with van der Waals surface area (Å²) in [4.78, 5) is 61.4. The molecule has 1 aromatic heterocycles. The summed E-state index contributed by atoms with van der Waals surface area (Å²) in [6, 6.07) is 0.945. The van der Waals surface area contributed by atoms with Gasteiger partial charge < -0.3 is 34.5 Å². The molecule has 2 rings (SSSR count). The fourth-order valence-electron chi connectivity index (χ4n) is 2.94. The molecule has 1 saturated heterocycles. The number of phosphoric ester groups is 1. The van der Waals surface area contributed by atoms with Gasteiger partial charge in [0.25, 0.3) is 5.56 Å². The molecule has 1 aliphatic rings. The van der Waals surface area contributed by atoms with E-state index < -0.39 is 65.4 Å². The van der Waals surface area contributed by atoms with Crippen molar-refractivity contribution in [3.63, 3.8) is 0 Å². The van der Waals surface area contributed by atoms with E-state index >= 15 is 0 Å². The summed E-state index contributed by atoms with van der Waals surface area (Å²) in [5.41, 5.74) is -3.77. The number of aromatic amines is 1. The standard InChI is InChI=1S/C13H21N2O15P3/c1-2-3-5-13(15-6-4-9(16)14-12(15)19)11(18)10(17)8(28-13)7-27-32(23,24)30-33(25,26)29-31(20,21)22/h2-4,6,8,10-11,17-18H,5,7H2,1H3,(H,23,24)(H,25,26)(H,14,16,19)(H2,20,21,22)/t8-,10-,11-,13-/m1/s1. The monoisotopic (exact) mass is 538 g/mol. The molecular formula is C13H21N2O15P3. The van der Waals surface area contributed by atoms with Crippen LogP contribution in [-0.4, -0.2) is 64.3 Å². The molecule has 1 fully saturated rings. The van der Waals surface area contributed by atoms with Crippen molar-refractivity contribution >= 4 is 23.5 Å². The number of hydrogen-bond acceptors (Lipinski definition) is 11. The summed E-state index contributed by atoms with van der Waals surface area (Å²) in [7, 11) is -16.9. The van der Waals surface area contributed by atoms with Crippen LogP contribution in [0.3, 0.4) is 0 Å². The Balaban J connectivity index is 2.26. The maximum atomic E-state index is 12.3. The minimum atomic E-state index is -5.77. The lowest BCUT2D eigenvalue weighted by atomic mass is 9.98. The smallest absolute Gasteiger partial charge is 0.387 e. The average Bonchev–Trinajstić information content (AvgIpc) is 2.87. The second kappa shape index (κ2) is 10.1. The number of aliphatic hydroxyl groups is 2. The van der Waals surface area contributed by atoms with Crippen molar-refractivity contribution < 1.29 is 61.4 Å². The summed E-state index contributed by atoms with van der Waals surface area (Å²) in [5.74, 6) is 0. The second-order valence-electron chi connectivity index (χ2n) is 6.58. The highest BCUT2D eigenvalue weighted by molar-refractivity contribution is 7.66. The third kappa shape index (κ3) is 7.10. The minimum Gasteiger partial charge on any atom is -0.387 e. The number of ether oxygens (including phenoxy) is 1. The van der Waals surface area contributed by atoms with Crippen molar-refractivity contribution in [3.8, 4) is 0 Å². The Kier molecular flexibility index (Phi) is 8.59. The molecule has 0 saturated carbocycles. The van der Waals surface area contributed by atoms with Crippen LogP contribution in [0.2, 0.25) is 0 Å². The first-order valence-corrected chi connectivity index (χ1v) is 13.3. The Morgan fingerprint density at radius 2 is 1.79 bits per heavy atom. The number of rotatable bonds is 10. The lowest BCUT2D eigenvalue weighted by molar-refractivity contribution is -0.147. The van der Waals surface area contributed by atoms with Crippen LogP contribution in [0.15, 0.2) is 34.0 Å². The highest BCUT2D eigenvalue weighted by atomic mass is 31.3. The van der Waals surface area contributed by atoms with E-state index in [1.54, 1.807) is 6.92 Å². The van der Waals surface area contributed by atoms with E-state index in [0.29, 0.717) is 0 Å². The predicted octanol–water partition coefficient (Wildman–Crippen LogP) is -1.38. The van der Waals surface area contributed by atoms with Gasteiger partial charge in [-0.25, -0.2) is 18.5 Å². The normalized spacial score (nSPS) is 29.7. The zero-order valence-electron chi connectivity index (χ0n) is 16.6. The molecule has 7 N–H and O–H groups in total. The number of nitrogens with one attached hydrogen (secondary N) is 1. The van der Waals surface area contributed by atoms with Crippen LogP contribution in [0.25, 0.3) is 0 Å². The van der Waals surface area contributed by atoms with Crippen molar-refractivity contribution in [1.29, 1.82) is 0 Å². The van der Waals surface area contributed by atoms with Gasteiger partial charge in [-0.2, -0.15) is 8.62 Å². The number of H-pyrrole nitrogens is 1. The topological polar surface area (TPSA) is 264 Å². The zero-order valence-corrected chi connectivity index (χ0v) is 19.3. The number of hydrogen-bond donors (Lipinski definition) is 7. The quantitative estimate of drug-likeness (QED) is 0.134. The summed E-state index contributed by atoms with van der Waals surface area (Å²) < 4.78 is 51.9. The van der Waals surface area contributed by atoms with E-state index in [4.69, 9.17) is 19.4 Å². The number of aliphatic hydroxyl groups excluding tert-OH is 2. The van der Waals surface area contributed by atoms with Crippen molar-refractivity contribution in [3.05, 3.63) is 45.3 Å². The first kappa shape index (κ1) is 28.0. The van der Waals surface area contributed by atoms with Crippen LogP contribution in [0.1, 0.15) is 13.3 Å². The maximum absolute atomic E-state index is 12.3. The fourth-order valence-corrected chi connectivity index (χ4v) is 5.97. The van der Waals surface area contributed by atoms with Gasteiger partial charge in [-0.15, -0.1) is 0 Å². The van der Waals surface area contributed by atoms with Gasteiger partial charge in [0.1, 0.15) is 18.3 Å². The Labute approximate surface area is 184 Å². The molecule has 0 spiro atoms. The van der Waals surface area contributed by atoms with E-state index in [9.17, 15) is 38.4 Å². The van der Waals surface area contributed by atoms with E-state index in [1.165, 1.54) is 12.2 Å². The van der Waals surface area contributed by atoms with Crippen LogP contribution in [0, 0.1) is 0 Å². The third-order valence-electron chi connectivity index (χ3n) is 4.22. The van der Waals surface area contributed by atoms with Gasteiger partial charge in [0.05, 0.1) is 6.61 Å². The Morgan fingerprint density at radius 3 is 2.33 bits per heavy atom. The molecule has 1 aromatic rings. The van der Waals surface area contributed by atoms with Gasteiger partial charge in [0.2, 0.25) is 0 Å². The highest BCUT2D eigenvalue weighted by Gasteiger charge is 2.56. The van der Waals surface area contributed by atoms with E-state index in [1.807, 2.05) is 4.98 Å². The molecule has 17 nitrogen and oxygen atoms in total. The van der Waals surface area contributed by atoms with Crippen molar-refractivity contribution in [1.82, 2.24) is 9.55 Å². The summed E-state index contributed by atoms with van der Waals surface area (Å²) in [6.07, 6.45) is -1.56. The van der Waals surface area contributed by atoms with Gasteiger partial charge in [0, 0.05) is 18.7 Å². The zero-order chi connectivity index (χ0) is 25.2. The lowest BCUT2D eigenvalue weighted by Gasteiger charge is -2.33. The first-order valence-electron chi connectivity index (χ1n) is 8.78. The second-order valence-corrected chi connectivity index (χ2v) is 11.0. The van der Waals surface area contributed by atoms with Gasteiger partial charge in [-0.1, -0.05) is 12.2 Å². The number of aromatic nitrogens is 2. The lowest BCUT2D eigenvalue weighted by Crippen LogP contribution is -2.51. The van der Waals surface area contributed by atoms with Crippen molar-refractivity contribution in [2.24, 2.45) is 0 Å². The molecule has 0 aliphatic carbocycles. The summed E-state index contributed by atoms with van der Waals surface area (Å²) in [5, 5.41) is 21.0. The van der Waals surface area contributed by atoms with Crippen LogP contribution >= 0.6 is 23.5 Å². The molecule has 6 atom stereocenters. The molecule has 0 aromatic carbocycles. The van der Waals surface area contributed by atoms with Crippen LogP contribution in [0.4, 0.5) is 0 Å². The van der Waals surface area contributed by atoms with Crippen LogP contribution in [-0.2, 0) is 37.3 Å². The SMILES string of the molecule is CC=CC[C@@]1(n2ccc(=O)[nH]c2=O)O[C@H](COP(=O)(O)OP(=O)(O)OP(=O)(O)O)[C@@H](O)[C@H]1O. The number of allylic oxidation sites excluding steroid dienone is 1. The largest absolute Gasteiger partial charge is 0.490 e. The Bertz CT molecular complexity index is 1140. The maximum Gasteiger partial charge on any atom is 0.490 e. The minimum absolute atomic E-state index is 0.223. The Morgan fingerprint density at radius 1 is 1.15 bits per heavy atom. The van der Waals surface area contributed by atoms with Gasteiger partial charge in [-0.3, -0.25) is 18.9 Å². The molecule has 0 amide bonds. The number of nitrogens with zero attached hydrogens (tertiary/aromatic N) is 1. The van der Waals surface area contributed by atoms with Gasteiger partial charge in [-0.05, 0) is 6.92 Å². The van der Waals surface area contributed by atoms with Crippen LogP contribution < -0.4 is 11.2 Å². The van der Waals surface area contributed by atoms with Crippen molar-refractivity contribution in [2.75, 3.05) is 6.61 Å². The van der Waals surface area contributed by atoms with E-state index in [2.05, 4.69) is 13.1 Å². The molecule has 188 valence electrons. The van der Waals surface area contributed by atoms with E-state index in [-0.39, 0.29) is 6.42 Å². The molecule has 0 radical (unpaired) electrons. The molecule has 2 unspecified atom stereocenters. The summed E-state index contributed by atoms with van der Waals surface area (Å²) >= 11 is 0. The van der Waals surface area contributed by atoms with Gasteiger partial charge >= 0.3 is 29.2 Å². The number of phosphoric acid groups is 3. The molecule has 2 heterocycles. The molecule has 33 heavy (non-hydrogen) atoms. The summed E-state index contributed by atoms with van der Waals surface area (Å²) in [6.45, 7) is 0.533. The van der Waals surface area contributed by atoms with Crippen molar-refractivity contribution in [2.45, 2.75) is 37.4 Å². The molecular weight excluding hydrogens is 517 g/mol. The fraction of sp³-hybridized carbons (Fsp3) is 0.538. The highest BCUT2D eigenvalue weighted by Crippen LogP contribution is 2.66. The average molecular weight is 538 g/mol. The third-order valence-corrected chi connectivity index (χ3v) is 8.02. The molecule has 0 bridgehead atoms. The first-order chi connectivity index (χ1) is 15.0. The Hall–Kier alpha value is -1.29. The predicted molar refractivity (Wildman–Crippen MR) is 105 cm³/mol. The molecule has 1 aliphatic heterocycles. The molecule has 20 heteroatoms. The van der Waals surface area contributed by atoms with Gasteiger partial charge in [0.15, 0.2) is 5.72 Å². The van der Waals surface area contributed by atoms with Crippen LogP contribution in [0.5, 0.6) is 0 Å².